The van der Waals surface area contributed by atoms with Crippen molar-refractivity contribution in [1.29, 1.82) is 0 Å². The van der Waals surface area contributed by atoms with Crippen molar-refractivity contribution in [2.24, 2.45) is 0 Å². The lowest BCUT2D eigenvalue weighted by Gasteiger charge is -2.12. The summed E-state index contributed by atoms with van der Waals surface area (Å²) in [6, 6.07) is 9.57. The van der Waals surface area contributed by atoms with Crippen LogP contribution in [0.3, 0.4) is 0 Å². The molecular formula is C19H21NO6. The van der Waals surface area contributed by atoms with Crippen LogP contribution in [0.25, 0.3) is 0 Å². The zero-order valence-corrected chi connectivity index (χ0v) is 15.1. The summed E-state index contributed by atoms with van der Waals surface area (Å²) in [5.41, 5.74) is 1.92. The fourth-order valence-electron chi connectivity index (χ4n) is 2.53. The molecule has 26 heavy (non-hydrogen) atoms. The zero-order valence-electron chi connectivity index (χ0n) is 15.1. The molecule has 0 fully saturated rings. The molecular weight excluding hydrogens is 338 g/mol. The molecule has 0 bridgehead atoms. The van der Waals surface area contributed by atoms with E-state index in [1.54, 1.807) is 6.07 Å². The predicted octanol–water partition coefficient (Wildman–Crippen LogP) is 4.02. The number of benzene rings is 2. The molecule has 0 N–H and O–H groups in total. The second kappa shape index (κ2) is 8.33. The number of nitro benzene ring substituents is 1. The number of ether oxygens (including phenoxy) is 3. The molecule has 0 spiro atoms. The van der Waals surface area contributed by atoms with Crippen LogP contribution >= 0.6 is 0 Å². The van der Waals surface area contributed by atoms with Crippen molar-refractivity contribution >= 4 is 11.7 Å². The van der Waals surface area contributed by atoms with Crippen molar-refractivity contribution < 1.29 is 23.9 Å². The Labute approximate surface area is 151 Å². The zero-order chi connectivity index (χ0) is 19.3. The van der Waals surface area contributed by atoms with Gasteiger partial charge >= 0.3 is 11.7 Å². The summed E-state index contributed by atoms with van der Waals surface area (Å²) in [6.45, 7) is 5.81. The quantitative estimate of drug-likeness (QED) is 0.321. The average Bonchev–Trinajstić information content (AvgIpc) is 2.59. The van der Waals surface area contributed by atoms with Gasteiger partial charge in [-0.1, -0.05) is 19.9 Å². The lowest BCUT2D eigenvalue weighted by Crippen LogP contribution is -2.18. The van der Waals surface area contributed by atoms with E-state index in [4.69, 9.17) is 14.2 Å². The standard InChI is InChI=1S/C19H21NO6/c1-12(2)16-7-5-15(9-13(16)3)25-11-19(21)26-18-8-6-14(24-4)10-17(18)20(22)23/h5-10,12H,11H2,1-4H3. The smallest absolute Gasteiger partial charge is 0.349 e. The molecule has 0 aromatic heterocycles. The summed E-state index contributed by atoms with van der Waals surface area (Å²) < 4.78 is 15.4. The number of carbonyl (C=O) groups excluding carboxylic acids is 1. The molecule has 138 valence electrons. The van der Waals surface area contributed by atoms with Crippen LogP contribution in [0.5, 0.6) is 17.2 Å². The van der Waals surface area contributed by atoms with E-state index in [0.717, 1.165) is 5.56 Å². The molecule has 2 rings (SSSR count). The number of esters is 1. The fraction of sp³-hybridized carbons (Fsp3) is 0.316. The number of methoxy groups -OCH3 is 1. The first-order chi connectivity index (χ1) is 12.3. The van der Waals surface area contributed by atoms with Crippen LogP contribution < -0.4 is 14.2 Å². The molecule has 7 nitrogen and oxygen atoms in total. The van der Waals surface area contributed by atoms with Crippen molar-refractivity contribution in [1.82, 2.24) is 0 Å². The second-order valence-electron chi connectivity index (χ2n) is 6.03. The minimum absolute atomic E-state index is 0.157. The minimum Gasteiger partial charge on any atom is -0.496 e. The van der Waals surface area contributed by atoms with E-state index in [1.807, 2.05) is 19.1 Å². The number of aryl methyl sites for hydroxylation is 1. The number of carbonyl (C=O) groups is 1. The summed E-state index contributed by atoms with van der Waals surface area (Å²) in [4.78, 5) is 22.4. The van der Waals surface area contributed by atoms with Gasteiger partial charge in [0.15, 0.2) is 6.61 Å². The van der Waals surface area contributed by atoms with Gasteiger partial charge in [0, 0.05) is 0 Å². The summed E-state index contributed by atoms with van der Waals surface area (Å²) in [5.74, 6) is 0.339. The molecule has 0 aliphatic heterocycles. The molecule has 0 amide bonds. The van der Waals surface area contributed by atoms with Gasteiger partial charge in [0.2, 0.25) is 5.75 Å². The lowest BCUT2D eigenvalue weighted by molar-refractivity contribution is -0.385. The Morgan fingerprint density at radius 1 is 1.15 bits per heavy atom. The summed E-state index contributed by atoms with van der Waals surface area (Å²) in [5, 5.41) is 11.1. The first kappa shape index (κ1) is 19.2. The average molecular weight is 359 g/mol. The van der Waals surface area contributed by atoms with Crippen molar-refractivity contribution in [3.63, 3.8) is 0 Å². The summed E-state index contributed by atoms with van der Waals surface area (Å²) in [6.07, 6.45) is 0. The number of nitro groups is 1. The Morgan fingerprint density at radius 2 is 1.85 bits per heavy atom. The van der Waals surface area contributed by atoms with E-state index in [1.165, 1.54) is 30.9 Å². The van der Waals surface area contributed by atoms with Crippen molar-refractivity contribution in [2.45, 2.75) is 26.7 Å². The van der Waals surface area contributed by atoms with Crippen LogP contribution in [0, 0.1) is 17.0 Å². The first-order valence-corrected chi connectivity index (χ1v) is 8.08. The molecule has 0 aliphatic rings. The van der Waals surface area contributed by atoms with Crippen LogP contribution in [0.1, 0.15) is 30.9 Å². The van der Waals surface area contributed by atoms with Crippen LogP contribution in [0.15, 0.2) is 36.4 Å². The van der Waals surface area contributed by atoms with Gasteiger partial charge in [0.1, 0.15) is 11.5 Å². The maximum absolute atomic E-state index is 12.0. The van der Waals surface area contributed by atoms with Crippen molar-refractivity contribution in [3.05, 3.63) is 57.6 Å². The molecule has 0 saturated carbocycles. The third-order valence-electron chi connectivity index (χ3n) is 3.81. The van der Waals surface area contributed by atoms with Gasteiger partial charge in [-0.3, -0.25) is 10.1 Å². The highest BCUT2D eigenvalue weighted by Gasteiger charge is 2.19. The third kappa shape index (κ3) is 4.72. The van der Waals surface area contributed by atoms with Gasteiger partial charge < -0.3 is 14.2 Å². The molecule has 7 heteroatoms. The van der Waals surface area contributed by atoms with Crippen LogP contribution in [-0.4, -0.2) is 24.6 Å². The second-order valence-corrected chi connectivity index (χ2v) is 6.03. The maximum Gasteiger partial charge on any atom is 0.349 e. The Morgan fingerprint density at radius 3 is 2.42 bits per heavy atom. The third-order valence-corrected chi connectivity index (χ3v) is 3.81. The lowest BCUT2D eigenvalue weighted by atomic mass is 9.98. The molecule has 0 radical (unpaired) electrons. The molecule has 0 atom stereocenters. The van der Waals surface area contributed by atoms with Gasteiger partial charge in [0.25, 0.3) is 0 Å². The monoisotopic (exact) mass is 359 g/mol. The molecule has 2 aromatic carbocycles. The normalized spacial score (nSPS) is 10.5. The number of hydrogen-bond acceptors (Lipinski definition) is 6. The minimum atomic E-state index is -0.733. The van der Waals surface area contributed by atoms with Crippen molar-refractivity contribution in [2.75, 3.05) is 13.7 Å². The largest absolute Gasteiger partial charge is 0.496 e. The topological polar surface area (TPSA) is 87.9 Å². The number of nitrogens with zero attached hydrogens (tertiary/aromatic N) is 1. The van der Waals surface area contributed by atoms with E-state index in [2.05, 4.69) is 13.8 Å². The van der Waals surface area contributed by atoms with Crippen LogP contribution in [0.4, 0.5) is 5.69 Å². The summed E-state index contributed by atoms with van der Waals surface area (Å²) in [7, 11) is 1.39. The van der Waals surface area contributed by atoms with Gasteiger partial charge in [0.05, 0.1) is 18.1 Å². The van der Waals surface area contributed by atoms with Gasteiger partial charge in [-0.05, 0) is 48.2 Å². The Bertz CT molecular complexity index is 816. The van der Waals surface area contributed by atoms with E-state index in [9.17, 15) is 14.9 Å². The molecule has 0 unspecified atom stereocenters. The molecule has 0 aliphatic carbocycles. The highest BCUT2D eigenvalue weighted by atomic mass is 16.6. The SMILES string of the molecule is COc1ccc(OC(=O)COc2ccc(C(C)C)c(C)c2)c([N+](=O)[O-])c1. The van der Waals surface area contributed by atoms with E-state index >= 15 is 0 Å². The van der Waals surface area contributed by atoms with Gasteiger partial charge in [-0.2, -0.15) is 0 Å². The molecule has 0 heterocycles. The predicted molar refractivity (Wildman–Crippen MR) is 96.0 cm³/mol. The fourth-order valence-corrected chi connectivity index (χ4v) is 2.53. The molecule has 2 aromatic rings. The number of hydrogen-bond donors (Lipinski definition) is 0. The Balaban J connectivity index is 2.03. The highest BCUT2D eigenvalue weighted by Crippen LogP contribution is 2.31. The van der Waals surface area contributed by atoms with E-state index in [-0.39, 0.29) is 18.0 Å². The Kier molecular flexibility index (Phi) is 6.16. The van der Waals surface area contributed by atoms with Crippen molar-refractivity contribution in [3.8, 4) is 17.2 Å². The maximum atomic E-state index is 12.0. The van der Waals surface area contributed by atoms with Gasteiger partial charge in [-0.15, -0.1) is 0 Å². The van der Waals surface area contributed by atoms with E-state index in [0.29, 0.717) is 17.4 Å². The molecule has 0 saturated heterocycles. The van der Waals surface area contributed by atoms with Gasteiger partial charge in [-0.25, -0.2) is 4.79 Å². The first-order valence-electron chi connectivity index (χ1n) is 8.08. The Hall–Kier alpha value is -3.09. The highest BCUT2D eigenvalue weighted by molar-refractivity contribution is 5.75. The van der Waals surface area contributed by atoms with E-state index < -0.39 is 10.9 Å². The number of rotatable bonds is 7. The van der Waals surface area contributed by atoms with Crippen LogP contribution in [-0.2, 0) is 4.79 Å². The summed E-state index contributed by atoms with van der Waals surface area (Å²) >= 11 is 0. The van der Waals surface area contributed by atoms with Crippen LogP contribution in [0.2, 0.25) is 0 Å².